The van der Waals surface area contributed by atoms with Gasteiger partial charge >= 0.3 is 0 Å². The molecule has 4 rings (SSSR count). The minimum Gasteiger partial charge on any atom is -0.204 e. The van der Waals surface area contributed by atoms with Crippen LogP contribution in [0.3, 0.4) is 0 Å². The minimum absolute atomic E-state index is 0.250. The third-order valence-corrected chi connectivity index (χ3v) is 4.60. The number of aryl methyl sites for hydroxylation is 1. The Morgan fingerprint density at radius 2 is 1.96 bits per heavy atom. The first-order valence-corrected chi connectivity index (χ1v) is 8.52. The van der Waals surface area contributed by atoms with Crippen LogP contribution in [-0.4, -0.2) is 0 Å². The third kappa shape index (κ3) is 3.11. The molecular weight excluding hydrogens is 305 g/mol. The molecular formula is C20H15FNS. The van der Waals surface area contributed by atoms with Gasteiger partial charge in [0.2, 0.25) is 0 Å². The highest BCUT2D eigenvalue weighted by atomic mass is 32.2. The van der Waals surface area contributed by atoms with Gasteiger partial charge < -0.3 is 0 Å². The predicted octanol–water partition coefficient (Wildman–Crippen LogP) is 5.79. The van der Waals surface area contributed by atoms with Crippen LogP contribution in [-0.2, 0) is 6.42 Å². The summed E-state index contributed by atoms with van der Waals surface area (Å²) in [5.41, 5.74) is 3.06. The van der Waals surface area contributed by atoms with Crippen molar-refractivity contribution < 1.29 is 4.39 Å². The lowest BCUT2D eigenvalue weighted by Crippen LogP contribution is -1.91. The van der Waals surface area contributed by atoms with E-state index < -0.39 is 5.82 Å². The summed E-state index contributed by atoms with van der Waals surface area (Å²) in [6.07, 6.45) is 4.73. The minimum atomic E-state index is -0.426. The second-order valence-electron chi connectivity index (χ2n) is 5.49. The second kappa shape index (κ2) is 6.90. The molecule has 1 nitrogen and oxygen atoms in total. The number of nitrogens with zero attached hydrogens (tertiary/aromatic N) is 1. The molecule has 0 fully saturated rings. The maximum atomic E-state index is 14.1. The smallest absolute Gasteiger partial charge is 0.155 e. The number of nitriles is 1. The standard InChI is InChI=1S/C20H15FNS/c1-2-3-4-5-14-6-8-15(9-7-14)18-12-16-10-11-17(18)20(19(16)21)23-13-22/h6-9H,2-5H2,1H3. The van der Waals surface area contributed by atoms with E-state index in [2.05, 4.69) is 37.3 Å². The molecule has 0 atom stereocenters. The molecule has 0 heterocycles. The molecule has 0 amide bonds. The van der Waals surface area contributed by atoms with E-state index in [1.807, 2.05) is 17.5 Å². The van der Waals surface area contributed by atoms with Crippen molar-refractivity contribution in [1.82, 2.24) is 0 Å². The summed E-state index contributed by atoms with van der Waals surface area (Å²) in [4.78, 5) is 0.321. The van der Waals surface area contributed by atoms with Gasteiger partial charge in [-0.15, -0.1) is 0 Å². The Labute approximate surface area is 140 Å². The molecule has 0 N–H and O–H groups in total. The molecule has 0 saturated carbocycles. The molecule has 4 aromatic carbocycles. The molecule has 113 valence electrons. The van der Waals surface area contributed by atoms with E-state index in [9.17, 15) is 4.39 Å². The highest BCUT2D eigenvalue weighted by molar-refractivity contribution is 8.04. The van der Waals surface area contributed by atoms with Gasteiger partial charge in [-0.25, -0.2) is 4.39 Å². The van der Waals surface area contributed by atoms with Crippen molar-refractivity contribution >= 4 is 22.5 Å². The van der Waals surface area contributed by atoms with E-state index in [0.717, 1.165) is 29.3 Å². The fourth-order valence-electron chi connectivity index (χ4n) is 2.68. The van der Waals surface area contributed by atoms with Gasteiger partial charge in [0.1, 0.15) is 5.40 Å². The van der Waals surface area contributed by atoms with Gasteiger partial charge in [-0.05, 0) is 35.7 Å². The zero-order valence-corrected chi connectivity index (χ0v) is 13.7. The zero-order valence-electron chi connectivity index (χ0n) is 12.9. The largest absolute Gasteiger partial charge is 0.204 e. The van der Waals surface area contributed by atoms with Crippen molar-refractivity contribution in [2.75, 3.05) is 0 Å². The number of rotatable bonds is 6. The van der Waals surface area contributed by atoms with Crippen molar-refractivity contribution in [1.29, 1.82) is 5.26 Å². The van der Waals surface area contributed by atoms with Crippen LogP contribution in [0, 0.1) is 34.7 Å². The van der Waals surface area contributed by atoms with Gasteiger partial charge in [-0.3, -0.25) is 0 Å². The summed E-state index contributed by atoms with van der Waals surface area (Å²) < 4.78 is 14.1. The van der Waals surface area contributed by atoms with Crippen molar-refractivity contribution in [3.05, 3.63) is 53.8 Å². The van der Waals surface area contributed by atoms with Crippen LogP contribution in [0.2, 0.25) is 0 Å². The number of halogens is 1. The number of thiocyanates is 1. The second-order valence-corrected chi connectivity index (χ2v) is 6.29. The van der Waals surface area contributed by atoms with E-state index >= 15 is 0 Å². The summed E-state index contributed by atoms with van der Waals surface area (Å²) in [5, 5.41) is 11.6. The highest BCUT2D eigenvalue weighted by Crippen LogP contribution is 2.36. The molecule has 0 spiro atoms. The van der Waals surface area contributed by atoms with Gasteiger partial charge in [0.15, 0.2) is 5.82 Å². The maximum Gasteiger partial charge on any atom is 0.155 e. The van der Waals surface area contributed by atoms with Crippen molar-refractivity contribution in [3.8, 4) is 16.5 Å². The lowest BCUT2D eigenvalue weighted by atomic mass is 9.97. The fraction of sp³-hybridized carbons (Fsp3) is 0.250. The molecule has 2 bridgehead atoms. The Balaban J connectivity index is 1.93. The van der Waals surface area contributed by atoms with E-state index in [1.54, 1.807) is 0 Å². The molecule has 23 heavy (non-hydrogen) atoms. The van der Waals surface area contributed by atoms with Crippen molar-refractivity contribution in [3.63, 3.8) is 0 Å². The van der Waals surface area contributed by atoms with Crippen LogP contribution >= 0.6 is 11.8 Å². The van der Waals surface area contributed by atoms with Crippen LogP contribution in [0.25, 0.3) is 21.9 Å². The van der Waals surface area contributed by atoms with E-state index in [-0.39, 0.29) is 5.39 Å². The Kier molecular flexibility index (Phi) is 4.70. The summed E-state index contributed by atoms with van der Waals surface area (Å²) >= 11 is 0.828. The monoisotopic (exact) mass is 320 g/mol. The Morgan fingerprint density at radius 3 is 2.65 bits per heavy atom. The quantitative estimate of drug-likeness (QED) is 0.326. The first-order valence-electron chi connectivity index (χ1n) is 7.70. The lowest BCUT2D eigenvalue weighted by molar-refractivity contribution is 0.616. The van der Waals surface area contributed by atoms with Crippen LogP contribution < -0.4 is 0 Å². The number of unbranched alkanes of at least 4 members (excludes halogenated alkanes) is 2. The van der Waals surface area contributed by atoms with Crippen LogP contribution in [0.1, 0.15) is 31.7 Å². The summed E-state index contributed by atoms with van der Waals surface area (Å²) in [5.74, 6) is -0.426. The topological polar surface area (TPSA) is 23.8 Å². The molecule has 0 saturated heterocycles. The molecule has 0 aliphatic carbocycles. The Bertz CT molecular complexity index is 833. The number of benzene rings is 2. The van der Waals surface area contributed by atoms with Gasteiger partial charge in [-0.1, -0.05) is 56.2 Å². The number of fused-ring (bicyclic) bond motifs is 2. The Morgan fingerprint density at radius 1 is 1.17 bits per heavy atom. The average molecular weight is 320 g/mol. The molecule has 4 aromatic rings. The highest BCUT2D eigenvalue weighted by Gasteiger charge is 2.17. The molecule has 0 aliphatic rings. The Hall–Kier alpha value is -2.23. The summed E-state index contributed by atoms with van der Waals surface area (Å²) in [6, 6.07) is 17.0. The lowest BCUT2D eigenvalue weighted by Gasteiger charge is -2.10. The maximum absolute atomic E-state index is 14.1. The van der Waals surface area contributed by atoms with Gasteiger partial charge in [-0.2, -0.15) is 5.26 Å². The average Bonchev–Trinajstić information content (AvgIpc) is 2.59. The van der Waals surface area contributed by atoms with Crippen LogP contribution in [0.4, 0.5) is 4.39 Å². The molecule has 1 radical (unpaired) electrons. The van der Waals surface area contributed by atoms with E-state index in [4.69, 9.17) is 5.26 Å². The number of thioether (sulfide) groups is 1. The molecule has 3 heteroatoms. The van der Waals surface area contributed by atoms with E-state index in [1.165, 1.54) is 24.8 Å². The molecule has 0 unspecified atom stereocenters. The van der Waals surface area contributed by atoms with Crippen molar-refractivity contribution in [2.45, 2.75) is 37.5 Å². The predicted molar refractivity (Wildman–Crippen MR) is 91.7 cm³/mol. The first-order chi connectivity index (χ1) is 11.2. The summed E-state index contributed by atoms with van der Waals surface area (Å²) in [6.45, 7) is 2.20. The number of hydrogen-bond donors (Lipinski definition) is 0. The van der Waals surface area contributed by atoms with Gasteiger partial charge in [0, 0.05) is 11.6 Å². The first kappa shape index (κ1) is 15.7. The van der Waals surface area contributed by atoms with Gasteiger partial charge in [0.25, 0.3) is 0 Å². The SMILES string of the molecule is CCCCCc1ccc(-c2[c]c3c#cc2c(SC#N)c3F)cc1. The molecule has 0 aliphatic heterocycles. The van der Waals surface area contributed by atoms with Crippen LogP contribution in [0.15, 0.2) is 29.2 Å². The third-order valence-electron chi connectivity index (χ3n) is 3.92. The van der Waals surface area contributed by atoms with Crippen LogP contribution in [0.5, 0.6) is 0 Å². The van der Waals surface area contributed by atoms with E-state index in [0.29, 0.717) is 10.3 Å². The van der Waals surface area contributed by atoms with Crippen molar-refractivity contribution in [2.24, 2.45) is 0 Å². The zero-order chi connectivity index (χ0) is 16.2. The van der Waals surface area contributed by atoms with Gasteiger partial charge in [0.05, 0.1) is 15.7 Å². The summed E-state index contributed by atoms with van der Waals surface area (Å²) in [7, 11) is 0. The number of hydrogen-bond acceptors (Lipinski definition) is 2. The molecule has 0 aromatic heterocycles. The fourth-order valence-corrected chi connectivity index (χ4v) is 3.22. The normalized spacial score (nSPS) is 10.7.